The van der Waals surface area contributed by atoms with Crippen molar-refractivity contribution >= 4 is 23.4 Å². The summed E-state index contributed by atoms with van der Waals surface area (Å²) in [6.45, 7) is 0. The summed E-state index contributed by atoms with van der Waals surface area (Å²) < 4.78 is 10.5. The second-order valence-corrected chi connectivity index (χ2v) is 5.10. The maximum atomic E-state index is 12.4. The number of hydrogen-bond donors (Lipinski definition) is 1. The Hall–Kier alpha value is -2.14. The quantitative estimate of drug-likeness (QED) is 0.856. The number of carbonyl (C=O) groups is 1. The third-order valence-electron chi connectivity index (χ3n) is 3.01. The van der Waals surface area contributed by atoms with Gasteiger partial charge in [0.15, 0.2) is 0 Å². The Kier molecular flexibility index (Phi) is 5.11. The highest BCUT2D eigenvalue weighted by Crippen LogP contribution is 2.28. The van der Waals surface area contributed by atoms with Crippen molar-refractivity contribution in [2.24, 2.45) is 0 Å². The first-order valence-electron chi connectivity index (χ1n) is 6.36. The molecular weight excluding hydrogens is 286 g/mol. The fraction of sp³-hybridized carbons (Fsp3) is 0.188. The molecule has 5 heteroatoms. The molecule has 4 nitrogen and oxygen atoms in total. The predicted molar refractivity (Wildman–Crippen MR) is 85.7 cm³/mol. The van der Waals surface area contributed by atoms with Crippen LogP contribution in [0.4, 0.5) is 5.69 Å². The number of amides is 1. The van der Waals surface area contributed by atoms with Gasteiger partial charge < -0.3 is 14.8 Å². The minimum atomic E-state index is -0.232. The topological polar surface area (TPSA) is 47.6 Å². The molecule has 0 radical (unpaired) electrons. The first kappa shape index (κ1) is 15.3. The van der Waals surface area contributed by atoms with E-state index in [0.29, 0.717) is 22.7 Å². The average molecular weight is 303 g/mol. The van der Waals surface area contributed by atoms with Gasteiger partial charge in [0, 0.05) is 4.90 Å². The molecule has 2 aromatic rings. The zero-order chi connectivity index (χ0) is 15.2. The molecule has 2 aromatic carbocycles. The van der Waals surface area contributed by atoms with Crippen LogP contribution in [-0.4, -0.2) is 26.4 Å². The molecule has 0 aliphatic rings. The van der Waals surface area contributed by atoms with Crippen LogP contribution in [0.1, 0.15) is 10.4 Å². The van der Waals surface area contributed by atoms with Crippen LogP contribution >= 0.6 is 11.8 Å². The fourth-order valence-corrected chi connectivity index (χ4v) is 2.35. The predicted octanol–water partition coefficient (Wildman–Crippen LogP) is 3.68. The summed E-state index contributed by atoms with van der Waals surface area (Å²) in [5.74, 6) is 0.934. The van der Waals surface area contributed by atoms with Gasteiger partial charge in [0.1, 0.15) is 11.5 Å². The van der Waals surface area contributed by atoms with Crippen molar-refractivity contribution in [3.63, 3.8) is 0 Å². The molecule has 0 atom stereocenters. The molecule has 0 aliphatic heterocycles. The van der Waals surface area contributed by atoms with E-state index >= 15 is 0 Å². The molecule has 0 saturated carbocycles. The summed E-state index contributed by atoms with van der Waals surface area (Å²) in [5.41, 5.74) is 1.11. The maximum Gasteiger partial charge on any atom is 0.259 e. The van der Waals surface area contributed by atoms with Gasteiger partial charge in [0.25, 0.3) is 5.91 Å². The van der Waals surface area contributed by atoms with E-state index in [-0.39, 0.29) is 5.91 Å². The van der Waals surface area contributed by atoms with E-state index in [9.17, 15) is 4.79 Å². The molecule has 110 valence electrons. The number of ether oxygens (including phenoxy) is 2. The zero-order valence-electron chi connectivity index (χ0n) is 12.2. The standard InChI is InChI=1S/C16H17NO3S/c1-19-14-7-5-4-6-13(14)17-16(18)12-9-8-11(21-3)10-15(12)20-2/h4-10H,1-3H3,(H,17,18). The lowest BCUT2D eigenvalue weighted by atomic mass is 10.1. The molecule has 0 unspecified atom stereocenters. The third kappa shape index (κ3) is 3.49. The normalized spacial score (nSPS) is 10.0. The van der Waals surface area contributed by atoms with Crippen molar-refractivity contribution in [2.45, 2.75) is 4.90 Å². The molecule has 0 aliphatic carbocycles. The van der Waals surface area contributed by atoms with Crippen LogP contribution in [0.2, 0.25) is 0 Å². The second kappa shape index (κ2) is 7.04. The van der Waals surface area contributed by atoms with Gasteiger partial charge in [-0.1, -0.05) is 12.1 Å². The van der Waals surface area contributed by atoms with Crippen molar-refractivity contribution in [3.8, 4) is 11.5 Å². The Morgan fingerprint density at radius 1 is 1.05 bits per heavy atom. The first-order chi connectivity index (χ1) is 10.2. The summed E-state index contributed by atoms with van der Waals surface area (Å²) >= 11 is 1.60. The molecule has 0 spiro atoms. The van der Waals surface area contributed by atoms with Gasteiger partial charge in [-0.3, -0.25) is 4.79 Å². The number of nitrogens with one attached hydrogen (secondary N) is 1. The summed E-state index contributed by atoms with van der Waals surface area (Å²) in [4.78, 5) is 13.5. The van der Waals surface area contributed by atoms with Crippen LogP contribution in [0.3, 0.4) is 0 Å². The van der Waals surface area contributed by atoms with Crippen molar-refractivity contribution in [1.82, 2.24) is 0 Å². The van der Waals surface area contributed by atoms with Crippen LogP contribution in [0.15, 0.2) is 47.4 Å². The number of benzene rings is 2. The number of para-hydroxylation sites is 2. The second-order valence-electron chi connectivity index (χ2n) is 4.22. The van der Waals surface area contributed by atoms with Crippen LogP contribution in [0.25, 0.3) is 0 Å². The Labute approximate surface area is 128 Å². The number of anilines is 1. The van der Waals surface area contributed by atoms with Crippen LogP contribution in [0, 0.1) is 0 Å². The molecular formula is C16H17NO3S. The van der Waals surface area contributed by atoms with Gasteiger partial charge in [-0.25, -0.2) is 0 Å². The maximum absolute atomic E-state index is 12.4. The molecule has 0 aromatic heterocycles. The highest BCUT2D eigenvalue weighted by Gasteiger charge is 2.14. The van der Waals surface area contributed by atoms with Gasteiger partial charge in [-0.05, 0) is 36.6 Å². The molecule has 2 rings (SSSR count). The van der Waals surface area contributed by atoms with E-state index in [0.717, 1.165) is 4.90 Å². The Balaban J connectivity index is 2.28. The van der Waals surface area contributed by atoms with Crippen LogP contribution in [0.5, 0.6) is 11.5 Å². The van der Waals surface area contributed by atoms with Crippen LogP contribution < -0.4 is 14.8 Å². The van der Waals surface area contributed by atoms with E-state index in [1.807, 2.05) is 30.5 Å². The lowest BCUT2D eigenvalue weighted by Gasteiger charge is -2.12. The molecule has 1 amide bonds. The van der Waals surface area contributed by atoms with Gasteiger partial charge in [0.05, 0.1) is 25.5 Å². The zero-order valence-corrected chi connectivity index (χ0v) is 13.0. The third-order valence-corrected chi connectivity index (χ3v) is 3.73. The van der Waals surface area contributed by atoms with Gasteiger partial charge in [-0.15, -0.1) is 11.8 Å². The highest BCUT2D eigenvalue weighted by atomic mass is 32.2. The van der Waals surface area contributed by atoms with Gasteiger partial charge in [-0.2, -0.15) is 0 Å². The van der Waals surface area contributed by atoms with E-state index in [1.165, 1.54) is 0 Å². The lowest BCUT2D eigenvalue weighted by Crippen LogP contribution is -2.13. The van der Waals surface area contributed by atoms with Crippen LogP contribution in [-0.2, 0) is 0 Å². The van der Waals surface area contributed by atoms with Gasteiger partial charge in [0.2, 0.25) is 0 Å². The molecule has 0 fully saturated rings. The first-order valence-corrected chi connectivity index (χ1v) is 7.58. The van der Waals surface area contributed by atoms with Crippen molar-refractivity contribution in [1.29, 1.82) is 0 Å². The SMILES string of the molecule is COc1ccccc1NC(=O)c1ccc(SC)cc1OC. The Bertz CT molecular complexity index is 643. The number of carbonyl (C=O) groups excluding carboxylic acids is 1. The van der Waals surface area contributed by atoms with E-state index in [1.54, 1.807) is 44.2 Å². The molecule has 0 saturated heterocycles. The number of thioether (sulfide) groups is 1. The summed E-state index contributed by atoms with van der Waals surface area (Å²) in [7, 11) is 3.12. The van der Waals surface area contributed by atoms with E-state index in [2.05, 4.69) is 5.32 Å². The fourth-order valence-electron chi connectivity index (χ4n) is 1.92. The number of methoxy groups -OCH3 is 2. The van der Waals surface area contributed by atoms with Crippen molar-refractivity contribution < 1.29 is 14.3 Å². The van der Waals surface area contributed by atoms with Crippen molar-refractivity contribution in [3.05, 3.63) is 48.0 Å². The molecule has 0 heterocycles. The monoisotopic (exact) mass is 303 g/mol. The van der Waals surface area contributed by atoms with Crippen molar-refractivity contribution in [2.75, 3.05) is 25.8 Å². The Morgan fingerprint density at radius 3 is 2.43 bits per heavy atom. The smallest absolute Gasteiger partial charge is 0.259 e. The minimum Gasteiger partial charge on any atom is -0.496 e. The number of rotatable bonds is 5. The van der Waals surface area contributed by atoms with Gasteiger partial charge >= 0.3 is 0 Å². The average Bonchev–Trinajstić information content (AvgIpc) is 2.54. The molecule has 21 heavy (non-hydrogen) atoms. The number of hydrogen-bond acceptors (Lipinski definition) is 4. The van der Waals surface area contributed by atoms with E-state index in [4.69, 9.17) is 9.47 Å². The molecule has 1 N–H and O–H groups in total. The largest absolute Gasteiger partial charge is 0.496 e. The Morgan fingerprint density at radius 2 is 1.76 bits per heavy atom. The summed E-state index contributed by atoms with van der Waals surface area (Å²) in [5, 5.41) is 2.84. The highest BCUT2D eigenvalue weighted by molar-refractivity contribution is 7.98. The minimum absolute atomic E-state index is 0.232. The summed E-state index contributed by atoms with van der Waals surface area (Å²) in [6, 6.07) is 12.8. The lowest BCUT2D eigenvalue weighted by molar-refractivity contribution is 0.102. The van der Waals surface area contributed by atoms with E-state index < -0.39 is 0 Å². The molecule has 0 bridgehead atoms. The summed E-state index contributed by atoms with van der Waals surface area (Å²) in [6.07, 6.45) is 1.98.